The number of hydrogen-bond donors (Lipinski definition) is 1. The highest BCUT2D eigenvalue weighted by molar-refractivity contribution is 5.83. The fourth-order valence-electron chi connectivity index (χ4n) is 4.90. The van der Waals surface area contributed by atoms with Crippen molar-refractivity contribution in [2.24, 2.45) is 11.8 Å². The average Bonchev–Trinajstić information content (AvgIpc) is 2.91. The largest absolute Gasteiger partial charge is 0.497 e. The van der Waals surface area contributed by atoms with Crippen LogP contribution in [0, 0.1) is 23.7 Å². The van der Waals surface area contributed by atoms with Crippen molar-refractivity contribution in [1.82, 2.24) is 9.88 Å². The molecule has 1 fully saturated rings. The number of hydrogen-bond acceptors (Lipinski definition) is 4. The van der Waals surface area contributed by atoms with Gasteiger partial charge in [-0.2, -0.15) is 13.2 Å². The summed E-state index contributed by atoms with van der Waals surface area (Å²) in [6, 6.07) is 11.6. The number of benzene rings is 2. The molecule has 0 saturated carbocycles. The SMILES string of the molecule is COc1ccc2nccc([C@H](F)CC[C@@H]3CCN(CC#Cc4ccc(C(F)(F)F)cc4)C[C@@H]3C(=O)O)c2c1. The lowest BCUT2D eigenvalue weighted by molar-refractivity contribution is -0.146. The number of fused-ring (bicyclic) bond motifs is 1. The number of nitrogens with zero attached hydrogens (tertiary/aromatic N) is 2. The van der Waals surface area contributed by atoms with E-state index in [9.17, 15) is 23.1 Å². The first-order chi connectivity index (χ1) is 18.2. The summed E-state index contributed by atoms with van der Waals surface area (Å²) in [4.78, 5) is 18.2. The molecule has 1 aromatic heterocycles. The first kappa shape index (κ1) is 27.4. The maximum Gasteiger partial charge on any atom is 0.416 e. The molecular formula is C29H28F4N2O3. The van der Waals surface area contributed by atoms with Crippen molar-refractivity contribution in [3.05, 3.63) is 71.4 Å². The van der Waals surface area contributed by atoms with Crippen molar-refractivity contribution in [3.8, 4) is 17.6 Å². The zero-order chi connectivity index (χ0) is 27.3. The Bertz CT molecular complexity index is 1330. The number of likely N-dealkylation sites (tertiary alicyclic amines) is 1. The molecule has 0 bridgehead atoms. The van der Waals surface area contributed by atoms with E-state index in [0.29, 0.717) is 53.7 Å². The number of aromatic nitrogens is 1. The molecule has 200 valence electrons. The number of halogens is 4. The molecule has 1 aliphatic heterocycles. The third-order valence-corrected chi connectivity index (χ3v) is 7.02. The standard InChI is InChI=1S/C29H28F4N2O3/c1-38-22-9-11-27-24(17-22)23(12-14-34-27)26(30)10-6-20-13-16-35(18-25(20)28(36)37)15-2-3-19-4-7-21(8-5-19)29(31,32)33/h4-5,7-9,11-12,14,17,20,25-26H,6,10,13,15-16,18H2,1H3,(H,36,37)/t20-,25+,26-/m1/s1. The number of rotatable bonds is 7. The van der Waals surface area contributed by atoms with E-state index in [0.717, 1.165) is 12.1 Å². The highest BCUT2D eigenvalue weighted by Crippen LogP contribution is 2.35. The van der Waals surface area contributed by atoms with E-state index in [1.165, 1.54) is 12.1 Å². The second-order valence-electron chi connectivity index (χ2n) is 9.43. The minimum atomic E-state index is -4.40. The first-order valence-corrected chi connectivity index (χ1v) is 12.3. The van der Waals surface area contributed by atoms with Gasteiger partial charge in [-0.15, -0.1) is 0 Å². The molecule has 38 heavy (non-hydrogen) atoms. The maximum atomic E-state index is 15.4. The minimum Gasteiger partial charge on any atom is -0.497 e. The summed E-state index contributed by atoms with van der Waals surface area (Å²) in [5.41, 5.74) is 0.900. The average molecular weight is 529 g/mol. The van der Waals surface area contributed by atoms with Crippen molar-refractivity contribution < 1.29 is 32.2 Å². The highest BCUT2D eigenvalue weighted by atomic mass is 19.4. The third-order valence-electron chi connectivity index (χ3n) is 7.02. The third kappa shape index (κ3) is 6.62. The summed E-state index contributed by atoms with van der Waals surface area (Å²) >= 11 is 0. The van der Waals surface area contributed by atoms with Crippen molar-refractivity contribution in [1.29, 1.82) is 0 Å². The van der Waals surface area contributed by atoms with Crippen LogP contribution in [0.4, 0.5) is 17.6 Å². The van der Waals surface area contributed by atoms with Crippen LogP contribution in [0.3, 0.4) is 0 Å². The monoisotopic (exact) mass is 528 g/mol. The molecule has 3 atom stereocenters. The van der Waals surface area contributed by atoms with Crippen molar-refractivity contribution in [2.45, 2.75) is 31.6 Å². The second kappa shape index (κ2) is 11.8. The van der Waals surface area contributed by atoms with Gasteiger partial charge in [-0.25, -0.2) is 4.39 Å². The lowest BCUT2D eigenvalue weighted by Crippen LogP contribution is -2.44. The second-order valence-corrected chi connectivity index (χ2v) is 9.43. The lowest BCUT2D eigenvalue weighted by atomic mass is 9.81. The van der Waals surface area contributed by atoms with Crippen LogP contribution in [0.15, 0.2) is 54.7 Å². The topological polar surface area (TPSA) is 62.7 Å². The lowest BCUT2D eigenvalue weighted by Gasteiger charge is -2.35. The van der Waals surface area contributed by atoms with Gasteiger partial charge in [-0.3, -0.25) is 14.7 Å². The van der Waals surface area contributed by atoms with Gasteiger partial charge in [0.2, 0.25) is 0 Å². The summed E-state index contributed by atoms with van der Waals surface area (Å²) in [7, 11) is 1.54. The van der Waals surface area contributed by atoms with Crippen molar-refractivity contribution in [3.63, 3.8) is 0 Å². The molecule has 5 nitrogen and oxygen atoms in total. The summed E-state index contributed by atoms with van der Waals surface area (Å²) < 4.78 is 58.7. The Balaban J connectivity index is 1.35. The molecule has 9 heteroatoms. The van der Waals surface area contributed by atoms with Crippen LogP contribution in [0.1, 0.15) is 42.1 Å². The van der Waals surface area contributed by atoms with Gasteiger partial charge in [0, 0.05) is 23.7 Å². The molecule has 0 aliphatic carbocycles. The quantitative estimate of drug-likeness (QED) is 0.295. The van der Waals surface area contributed by atoms with Gasteiger partial charge in [0.25, 0.3) is 0 Å². The summed E-state index contributed by atoms with van der Waals surface area (Å²) in [5, 5.41) is 10.5. The number of carboxylic acids is 1. The van der Waals surface area contributed by atoms with Gasteiger partial charge >= 0.3 is 12.1 Å². The van der Waals surface area contributed by atoms with E-state index >= 15 is 4.39 Å². The number of methoxy groups -OCH3 is 1. The number of aliphatic carboxylic acids is 1. The van der Waals surface area contributed by atoms with E-state index in [2.05, 4.69) is 16.8 Å². The Morgan fingerprint density at radius 1 is 1.21 bits per heavy atom. The van der Waals surface area contributed by atoms with Crippen LogP contribution in [0.2, 0.25) is 0 Å². The Labute approximate surface area is 218 Å². The zero-order valence-electron chi connectivity index (χ0n) is 20.8. The fraction of sp³-hybridized carbons (Fsp3) is 0.379. The zero-order valence-corrected chi connectivity index (χ0v) is 20.8. The summed E-state index contributed by atoms with van der Waals surface area (Å²) in [5.74, 6) is 4.62. The van der Waals surface area contributed by atoms with Gasteiger partial charge in [0.15, 0.2) is 0 Å². The van der Waals surface area contributed by atoms with Crippen LogP contribution in [-0.4, -0.2) is 47.7 Å². The first-order valence-electron chi connectivity index (χ1n) is 12.3. The van der Waals surface area contributed by atoms with E-state index in [4.69, 9.17) is 4.74 Å². The van der Waals surface area contributed by atoms with Crippen LogP contribution in [0.25, 0.3) is 10.9 Å². The van der Waals surface area contributed by atoms with Gasteiger partial charge in [-0.1, -0.05) is 11.8 Å². The molecular weight excluding hydrogens is 500 g/mol. The fourth-order valence-corrected chi connectivity index (χ4v) is 4.90. The van der Waals surface area contributed by atoms with Gasteiger partial charge in [0.05, 0.1) is 30.7 Å². The molecule has 1 aliphatic rings. The Kier molecular flexibility index (Phi) is 8.52. The van der Waals surface area contributed by atoms with E-state index in [-0.39, 0.29) is 18.9 Å². The smallest absolute Gasteiger partial charge is 0.416 e. The number of carboxylic acid groups (broad SMARTS) is 1. The van der Waals surface area contributed by atoms with Crippen LogP contribution in [-0.2, 0) is 11.0 Å². The number of ether oxygens (including phenoxy) is 1. The van der Waals surface area contributed by atoms with E-state index in [1.54, 1.807) is 37.6 Å². The normalized spacial score (nSPS) is 19.0. The number of pyridine rings is 1. The predicted molar refractivity (Wildman–Crippen MR) is 135 cm³/mol. The molecule has 0 radical (unpaired) electrons. The summed E-state index contributed by atoms with van der Waals surface area (Å²) in [6.45, 7) is 1.20. The number of alkyl halides is 4. The van der Waals surface area contributed by atoms with Gasteiger partial charge in [0.1, 0.15) is 11.9 Å². The number of carbonyl (C=O) groups is 1. The maximum absolute atomic E-state index is 15.4. The predicted octanol–water partition coefficient (Wildman–Crippen LogP) is 6.13. The molecule has 4 rings (SSSR count). The van der Waals surface area contributed by atoms with Crippen molar-refractivity contribution >= 4 is 16.9 Å². The molecule has 1 N–H and O–H groups in total. The molecule has 3 aromatic rings. The Hall–Kier alpha value is -3.64. The molecule has 0 unspecified atom stereocenters. The Morgan fingerprint density at radius 2 is 1.97 bits per heavy atom. The van der Waals surface area contributed by atoms with Crippen molar-refractivity contribution in [2.75, 3.05) is 26.7 Å². The van der Waals surface area contributed by atoms with Crippen LogP contribution >= 0.6 is 0 Å². The summed E-state index contributed by atoms with van der Waals surface area (Å²) in [6.07, 6.45) is -2.88. The van der Waals surface area contributed by atoms with Gasteiger partial charge < -0.3 is 9.84 Å². The van der Waals surface area contributed by atoms with Crippen LogP contribution < -0.4 is 4.74 Å². The molecule has 0 spiro atoms. The molecule has 1 saturated heterocycles. The van der Waals surface area contributed by atoms with Gasteiger partial charge in [-0.05, 0) is 85.8 Å². The Morgan fingerprint density at radius 3 is 2.66 bits per heavy atom. The van der Waals surface area contributed by atoms with E-state index in [1.807, 2.05) is 4.90 Å². The highest BCUT2D eigenvalue weighted by Gasteiger charge is 2.34. The van der Waals surface area contributed by atoms with E-state index < -0.39 is 29.8 Å². The molecule has 2 aromatic carbocycles. The van der Waals surface area contributed by atoms with Crippen LogP contribution in [0.5, 0.6) is 5.75 Å². The molecule has 0 amide bonds. The molecule has 2 heterocycles. The number of piperidine rings is 1. The minimum absolute atomic E-state index is 0.174.